The maximum atomic E-state index is 10.9. The van der Waals surface area contributed by atoms with E-state index < -0.39 is 5.97 Å². The van der Waals surface area contributed by atoms with Crippen LogP contribution in [-0.2, 0) is 12.8 Å². The Balaban J connectivity index is 2.06. The van der Waals surface area contributed by atoms with E-state index in [0.29, 0.717) is 30.0 Å². The number of ether oxygens (including phenoxy) is 1. The molecule has 1 aromatic heterocycles. The molecule has 0 unspecified atom stereocenters. The van der Waals surface area contributed by atoms with Crippen molar-refractivity contribution in [1.29, 1.82) is 0 Å². The molecule has 0 fully saturated rings. The van der Waals surface area contributed by atoms with Crippen LogP contribution in [0.15, 0.2) is 24.4 Å². The van der Waals surface area contributed by atoms with Gasteiger partial charge in [0, 0.05) is 0 Å². The average molecular weight is 258 g/mol. The van der Waals surface area contributed by atoms with Gasteiger partial charge in [-0.15, -0.1) is 0 Å². The molecule has 0 amide bonds. The molecule has 1 aromatic carbocycles. The van der Waals surface area contributed by atoms with Gasteiger partial charge in [0.25, 0.3) is 0 Å². The fourth-order valence-corrected chi connectivity index (χ4v) is 2.02. The summed E-state index contributed by atoms with van der Waals surface area (Å²) in [4.78, 5) is 18.5. The molecule has 6 heteroatoms. The molecular formula is C13H10N2O4. The van der Waals surface area contributed by atoms with Crippen molar-refractivity contribution < 1.29 is 19.7 Å². The van der Waals surface area contributed by atoms with E-state index in [-0.39, 0.29) is 11.6 Å². The minimum Gasteiger partial charge on any atom is -0.479 e. The second-order valence-corrected chi connectivity index (χ2v) is 4.21. The zero-order valence-corrected chi connectivity index (χ0v) is 9.83. The largest absolute Gasteiger partial charge is 0.479 e. The molecule has 0 radical (unpaired) electrons. The van der Waals surface area contributed by atoms with Gasteiger partial charge in [0.2, 0.25) is 0 Å². The summed E-state index contributed by atoms with van der Waals surface area (Å²) in [5, 5.41) is 18.2. The van der Waals surface area contributed by atoms with E-state index in [4.69, 9.17) is 9.84 Å². The lowest BCUT2D eigenvalue weighted by molar-refractivity contribution is 0.0696. The number of carboxylic acids is 1. The summed E-state index contributed by atoms with van der Waals surface area (Å²) in [6, 6.07) is 4.47. The lowest BCUT2D eigenvalue weighted by atomic mass is 10.1. The monoisotopic (exact) mass is 258 g/mol. The maximum absolute atomic E-state index is 10.9. The number of fused-ring (bicyclic) bond motifs is 2. The lowest BCUT2D eigenvalue weighted by Gasteiger charge is -2.08. The standard InChI is InChI=1S/C13H10N2O4/c16-12(17)8-2-1-7-3-4-9-11(19-10(7)5-8)6-14-13(18)15-9/h1-2,5-6H,3-4H2,(H,16,17)(H,14,15,18). The summed E-state index contributed by atoms with van der Waals surface area (Å²) in [6.45, 7) is 0. The Labute approximate surface area is 108 Å². The smallest absolute Gasteiger partial charge is 0.335 e. The third kappa shape index (κ3) is 2.08. The molecular weight excluding hydrogens is 248 g/mol. The van der Waals surface area contributed by atoms with Crippen LogP contribution in [0.5, 0.6) is 17.5 Å². The van der Waals surface area contributed by atoms with Crippen LogP contribution in [0.25, 0.3) is 0 Å². The molecule has 2 aromatic rings. The van der Waals surface area contributed by atoms with Gasteiger partial charge in [-0.3, -0.25) is 0 Å². The zero-order valence-electron chi connectivity index (χ0n) is 9.83. The van der Waals surface area contributed by atoms with Crippen LogP contribution in [0.3, 0.4) is 0 Å². The van der Waals surface area contributed by atoms with Gasteiger partial charge in [-0.05, 0) is 30.5 Å². The maximum Gasteiger partial charge on any atom is 0.335 e. The van der Waals surface area contributed by atoms with Crippen LogP contribution in [0.2, 0.25) is 0 Å². The van der Waals surface area contributed by atoms with Gasteiger partial charge in [-0.25, -0.2) is 4.79 Å². The Kier molecular flexibility index (Phi) is 2.56. The predicted octanol–water partition coefficient (Wildman–Crippen LogP) is 1.77. The first-order valence-electron chi connectivity index (χ1n) is 5.72. The molecule has 0 aliphatic carbocycles. The number of aromatic carboxylic acids is 1. The molecule has 0 bridgehead atoms. The van der Waals surface area contributed by atoms with Gasteiger partial charge in [-0.2, -0.15) is 9.97 Å². The van der Waals surface area contributed by atoms with E-state index >= 15 is 0 Å². The van der Waals surface area contributed by atoms with E-state index in [0.717, 1.165) is 5.56 Å². The average Bonchev–Trinajstić information content (AvgIpc) is 2.56. The molecule has 1 aliphatic rings. The Morgan fingerprint density at radius 3 is 2.89 bits per heavy atom. The Bertz CT molecular complexity index is 670. The highest BCUT2D eigenvalue weighted by Gasteiger charge is 2.18. The Morgan fingerprint density at radius 2 is 2.11 bits per heavy atom. The number of carbonyl (C=O) groups is 1. The minimum atomic E-state index is -1.00. The second kappa shape index (κ2) is 4.24. The number of hydrogen-bond donors (Lipinski definition) is 2. The van der Waals surface area contributed by atoms with Crippen molar-refractivity contribution in [3.8, 4) is 17.5 Å². The van der Waals surface area contributed by atoms with Crippen LogP contribution in [0.4, 0.5) is 0 Å². The van der Waals surface area contributed by atoms with E-state index in [1.807, 2.05) is 0 Å². The number of hydrogen-bond acceptors (Lipinski definition) is 5. The summed E-state index contributed by atoms with van der Waals surface area (Å²) in [6.07, 6.45) is 2.66. The number of nitrogens with zero attached hydrogens (tertiary/aromatic N) is 2. The van der Waals surface area contributed by atoms with Crippen LogP contribution in [0.1, 0.15) is 21.6 Å². The Morgan fingerprint density at radius 1 is 1.26 bits per heavy atom. The summed E-state index contributed by atoms with van der Waals surface area (Å²) < 4.78 is 5.65. The van der Waals surface area contributed by atoms with E-state index in [9.17, 15) is 9.90 Å². The highest BCUT2D eigenvalue weighted by Crippen LogP contribution is 2.33. The number of aromatic nitrogens is 2. The van der Waals surface area contributed by atoms with Crippen molar-refractivity contribution in [2.24, 2.45) is 0 Å². The molecule has 2 heterocycles. The van der Waals surface area contributed by atoms with Gasteiger partial charge in [-0.1, -0.05) is 6.07 Å². The number of benzene rings is 1. The third-order valence-corrected chi connectivity index (χ3v) is 2.98. The van der Waals surface area contributed by atoms with Gasteiger partial charge < -0.3 is 14.9 Å². The normalized spacial score (nSPS) is 12.8. The van der Waals surface area contributed by atoms with Crippen LogP contribution in [-0.4, -0.2) is 26.2 Å². The van der Waals surface area contributed by atoms with Gasteiger partial charge in [0.1, 0.15) is 5.75 Å². The summed E-state index contributed by atoms with van der Waals surface area (Å²) in [5.41, 5.74) is 1.69. The quantitative estimate of drug-likeness (QED) is 0.809. The van der Waals surface area contributed by atoms with Crippen LogP contribution in [0, 0.1) is 0 Å². The number of aromatic hydroxyl groups is 1. The third-order valence-electron chi connectivity index (χ3n) is 2.98. The first-order valence-corrected chi connectivity index (χ1v) is 5.72. The molecule has 0 spiro atoms. The van der Waals surface area contributed by atoms with Gasteiger partial charge in [0.05, 0.1) is 17.5 Å². The second-order valence-electron chi connectivity index (χ2n) is 4.21. The highest BCUT2D eigenvalue weighted by atomic mass is 16.5. The molecule has 3 rings (SSSR count). The van der Waals surface area contributed by atoms with Crippen molar-refractivity contribution in [3.05, 3.63) is 41.2 Å². The van der Waals surface area contributed by atoms with Crippen molar-refractivity contribution >= 4 is 5.97 Å². The molecule has 0 atom stereocenters. The topological polar surface area (TPSA) is 92.5 Å². The molecule has 19 heavy (non-hydrogen) atoms. The molecule has 1 aliphatic heterocycles. The summed E-state index contributed by atoms with van der Waals surface area (Å²) >= 11 is 0. The van der Waals surface area contributed by atoms with Crippen molar-refractivity contribution in [1.82, 2.24) is 9.97 Å². The fraction of sp³-hybridized carbons (Fsp3) is 0.154. The van der Waals surface area contributed by atoms with E-state index in [1.54, 1.807) is 12.1 Å². The minimum absolute atomic E-state index is 0.168. The van der Waals surface area contributed by atoms with E-state index in [2.05, 4.69) is 9.97 Å². The van der Waals surface area contributed by atoms with Gasteiger partial charge in [0.15, 0.2) is 5.75 Å². The zero-order chi connectivity index (χ0) is 13.4. The molecule has 0 saturated heterocycles. The first kappa shape index (κ1) is 11.5. The number of rotatable bonds is 1. The summed E-state index contributed by atoms with van der Waals surface area (Å²) in [7, 11) is 0. The number of carboxylic acid groups (broad SMARTS) is 1. The lowest BCUT2D eigenvalue weighted by Crippen LogP contribution is -1.98. The SMILES string of the molecule is O=C(O)c1ccc2c(c1)Oc1cnc(O)nc1CC2. The highest BCUT2D eigenvalue weighted by molar-refractivity contribution is 5.88. The number of aryl methyl sites for hydroxylation is 2. The van der Waals surface area contributed by atoms with Gasteiger partial charge >= 0.3 is 12.0 Å². The molecule has 6 nitrogen and oxygen atoms in total. The first-order chi connectivity index (χ1) is 9.13. The van der Waals surface area contributed by atoms with Crippen molar-refractivity contribution in [2.45, 2.75) is 12.8 Å². The molecule has 96 valence electrons. The Hall–Kier alpha value is -2.63. The fourth-order valence-electron chi connectivity index (χ4n) is 2.02. The van der Waals surface area contributed by atoms with E-state index in [1.165, 1.54) is 12.3 Å². The molecule has 2 N–H and O–H groups in total. The van der Waals surface area contributed by atoms with Crippen LogP contribution < -0.4 is 4.74 Å². The van der Waals surface area contributed by atoms with Crippen molar-refractivity contribution in [2.75, 3.05) is 0 Å². The molecule has 0 saturated carbocycles. The summed E-state index contributed by atoms with van der Waals surface area (Å²) in [5.74, 6) is -0.0649. The van der Waals surface area contributed by atoms with Crippen molar-refractivity contribution in [3.63, 3.8) is 0 Å². The predicted molar refractivity (Wildman–Crippen MR) is 64.6 cm³/mol. The van der Waals surface area contributed by atoms with Crippen LogP contribution >= 0.6 is 0 Å².